The molecule has 2 aromatic carbocycles. The molecule has 4 rings (SSSR count). The molecule has 36 heavy (non-hydrogen) atoms. The zero-order valence-corrected chi connectivity index (χ0v) is 22.8. The molecule has 0 aliphatic carbocycles. The van der Waals surface area contributed by atoms with Gasteiger partial charge in [0.1, 0.15) is 5.72 Å². The predicted molar refractivity (Wildman–Crippen MR) is 131 cm³/mol. The number of benzene rings is 2. The third-order valence-electron chi connectivity index (χ3n) is 6.12. The van der Waals surface area contributed by atoms with Gasteiger partial charge in [-0.2, -0.15) is 12.9 Å². The molecule has 11 nitrogen and oxygen atoms in total. The van der Waals surface area contributed by atoms with Gasteiger partial charge in [0.25, 0.3) is 0 Å². The van der Waals surface area contributed by atoms with Crippen LogP contribution in [0.2, 0.25) is 0 Å². The van der Waals surface area contributed by atoms with E-state index in [0.717, 1.165) is 18.3 Å². The number of nitrogens with zero attached hydrogens (tertiary/aromatic N) is 2. The molecule has 0 unspecified atom stereocenters. The van der Waals surface area contributed by atoms with Gasteiger partial charge in [-0.15, -0.1) is 0 Å². The van der Waals surface area contributed by atoms with E-state index in [4.69, 9.17) is 9.07 Å². The SMILES string of the molecule is COOSc1ccc(S(=O)(=O)N2CCOC23CCN(S(=O)(=O)c2ccc(S(C)(=O)=O)cc2)CC3)cc1. The second-order valence-electron chi connectivity index (χ2n) is 8.31. The molecule has 2 aliphatic rings. The maximum atomic E-state index is 13.4. The number of ether oxygens (including phenoxy) is 1. The molecule has 0 amide bonds. The third kappa shape index (κ3) is 5.35. The van der Waals surface area contributed by atoms with Crippen molar-refractivity contribution >= 4 is 41.9 Å². The van der Waals surface area contributed by atoms with Gasteiger partial charge < -0.3 is 4.74 Å². The van der Waals surface area contributed by atoms with Gasteiger partial charge in [0.05, 0.1) is 40.4 Å². The molecular formula is C21H26N2O9S4. The lowest BCUT2D eigenvalue weighted by Gasteiger charge is -2.42. The number of hydrogen-bond acceptors (Lipinski definition) is 10. The van der Waals surface area contributed by atoms with Crippen molar-refractivity contribution in [3.63, 3.8) is 0 Å². The Morgan fingerprint density at radius 2 is 1.33 bits per heavy atom. The van der Waals surface area contributed by atoms with Crippen LogP contribution in [0.3, 0.4) is 0 Å². The Kier molecular flexibility index (Phi) is 7.86. The van der Waals surface area contributed by atoms with Crippen LogP contribution < -0.4 is 0 Å². The first-order chi connectivity index (χ1) is 16.9. The third-order valence-corrected chi connectivity index (χ3v) is 11.8. The van der Waals surface area contributed by atoms with Crippen molar-refractivity contribution < 1.29 is 39.2 Å². The number of sulfone groups is 1. The minimum Gasteiger partial charge on any atom is -0.358 e. The summed E-state index contributed by atoms with van der Waals surface area (Å²) in [5, 5.41) is 0. The maximum absolute atomic E-state index is 13.4. The second-order valence-corrected chi connectivity index (χ2v) is 14.9. The molecule has 2 aromatic rings. The summed E-state index contributed by atoms with van der Waals surface area (Å²) in [5.41, 5.74) is -1.14. The first-order valence-corrected chi connectivity index (χ1v) is 16.4. The molecule has 15 heteroatoms. The van der Waals surface area contributed by atoms with Crippen molar-refractivity contribution in [2.75, 3.05) is 39.6 Å². The summed E-state index contributed by atoms with van der Waals surface area (Å²) in [5.74, 6) is 0. The van der Waals surface area contributed by atoms with Crippen molar-refractivity contribution in [1.82, 2.24) is 8.61 Å². The van der Waals surface area contributed by atoms with E-state index in [0.29, 0.717) is 4.90 Å². The van der Waals surface area contributed by atoms with Gasteiger partial charge in [0.15, 0.2) is 9.84 Å². The lowest BCUT2D eigenvalue weighted by atomic mass is 10.0. The molecule has 2 saturated heterocycles. The van der Waals surface area contributed by atoms with Crippen molar-refractivity contribution in [3.8, 4) is 0 Å². The Balaban J connectivity index is 1.50. The van der Waals surface area contributed by atoms with Crippen LogP contribution in [0.4, 0.5) is 0 Å². The summed E-state index contributed by atoms with van der Waals surface area (Å²) in [7, 11) is -9.89. The highest BCUT2D eigenvalue weighted by molar-refractivity contribution is 7.94. The van der Waals surface area contributed by atoms with Gasteiger partial charge in [-0.1, -0.05) is 0 Å². The number of hydrogen-bond donors (Lipinski definition) is 0. The topological polar surface area (TPSA) is 137 Å². The fourth-order valence-corrected chi connectivity index (χ4v) is 8.47. The largest absolute Gasteiger partial charge is 0.358 e. The lowest BCUT2D eigenvalue weighted by molar-refractivity contribution is -0.160. The molecule has 2 heterocycles. The normalized spacial score (nSPS) is 19.6. The molecule has 0 N–H and O–H groups in total. The van der Waals surface area contributed by atoms with Gasteiger partial charge in [-0.05, 0) is 48.5 Å². The quantitative estimate of drug-likeness (QED) is 0.259. The predicted octanol–water partition coefficient (Wildman–Crippen LogP) is 1.88. The summed E-state index contributed by atoms with van der Waals surface area (Å²) < 4.78 is 89.8. The van der Waals surface area contributed by atoms with Crippen LogP contribution >= 0.6 is 12.0 Å². The Morgan fingerprint density at radius 1 is 0.806 bits per heavy atom. The summed E-state index contributed by atoms with van der Waals surface area (Å²) >= 11 is 0.949. The van der Waals surface area contributed by atoms with Gasteiger partial charge in [-0.25, -0.2) is 30.1 Å². The number of rotatable bonds is 8. The zero-order chi connectivity index (χ0) is 26.2. The van der Waals surface area contributed by atoms with Crippen LogP contribution in [-0.2, 0) is 43.8 Å². The van der Waals surface area contributed by atoms with Crippen LogP contribution in [0.25, 0.3) is 0 Å². The summed E-state index contributed by atoms with van der Waals surface area (Å²) in [6.07, 6.45) is 1.36. The first-order valence-electron chi connectivity index (χ1n) is 10.8. The molecule has 0 saturated carbocycles. The maximum Gasteiger partial charge on any atom is 0.245 e. The van der Waals surface area contributed by atoms with Gasteiger partial charge >= 0.3 is 0 Å². The molecule has 0 radical (unpaired) electrons. The van der Waals surface area contributed by atoms with Gasteiger partial charge in [0, 0.05) is 43.6 Å². The molecule has 2 fully saturated rings. The number of piperidine rings is 1. The second kappa shape index (κ2) is 10.3. The van der Waals surface area contributed by atoms with Gasteiger partial charge in [-0.3, -0.25) is 0 Å². The molecule has 0 bridgehead atoms. The van der Waals surface area contributed by atoms with Crippen molar-refractivity contribution in [1.29, 1.82) is 0 Å². The summed E-state index contributed by atoms with van der Waals surface area (Å²) in [6.45, 7) is 0.456. The van der Waals surface area contributed by atoms with Crippen molar-refractivity contribution in [2.24, 2.45) is 0 Å². The van der Waals surface area contributed by atoms with Crippen LogP contribution in [-0.4, -0.2) is 79.2 Å². The van der Waals surface area contributed by atoms with Crippen LogP contribution in [0.15, 0.2) is 68.1 Å². The van der Waals surface area contributed by atoms with E-state index in [-0.39, 0.29) is 53.8 Å². The van der Waals surface area contributed by atoms with E-state index >= 15 is 0 Å². The van der Waals surface area contributed by atoms with E-state index in [2.05, 4.69) is 4.89 Å². The minimum atomic E-state index is -3.91. The highest BCUT2D eigenvalue weighted by atomic mass is 32.2. The lowest BCUT2D eigenvalue weighted by Crippen LogP contribution is -2.55. The summed E-state index contributed by atoms with van der Waals surface area (Å²) in [4.78, 5) is 5.27. The van der Waals surface area contributed by atoms with E-state index < -0.39 is 35.6 Å². The Bertz CT molecular complexity index is 1400. The minimum absolute atomic E-state index is 0.0251. The Hall–Kier alpha value is -1.56. The molecular weight excluding hydrogens is 553 g/mol. The summed E-state index contributed by atoms with van der Waals surface area (Å²) in [6, 6.07) is 11.2. The van der Waals surface area contributed by atoms with E-state index in [1.165, 1.54) is 52.1 Å². The average Bonchev–Trinajstić information content (AvgIpc) is 3.26. The van der Waals surface area contributed by atoms with Crippen LogP contribution in [0.1, 0.15) is 12.8 Å². The molecule has 1 spiro atoms. The number of sulfonamides is 2. The Labute approximate surface area is 215 Å². The van der Waals surface area contributed by atoms with Crippen molar-refractivity contribution in [3.05, 3.63) is 48.5 Å². The van der Waals surface area contributed by atoms with Gasteiger partial charge in [0.2, 0.25) is 20.0 Å². The van der Waals surface area contributed by atoms with E-state index in [1.807, 2.05) is 0 Å². The smallest absolute Gasteiger partial charge is 0.245 e. The average molecular weight is 579 g/mol. The first kappa shape index (κ1) is 27.5. The van der Waals surface area contributed by atoms with Crippen molar-refractivity contribution in [2.45, 2.75) is 38.1 Å². The highest BCUT2D eigenvalue weighted by Gasteiger charge is 2.51. The molecule has 0 atom stereocenters. The standard InChI is InChI=1S/C21H26N2O9S4/c1-30-32-33-17-3-5-20(6-4-17)36(28,29)23-15-16-31-21(23)11-13-22(14-12-21)35(26,27)19-9-7-18(8-10-19)34(2,24)25/h3-10H,11-16H2,1-2H3. The van der Waals surface area contributed by atoms with E-state index in [1.54, 1.807) is 12.1 Å². The fourth-order valence-electron chi connectivity index (χ4n) is 4.28. The Morgan fingerprint density at radius 3 is 1.89 bits per heavy atom. The van der Waals surface area contributed by atoms with E-state index in [9.17, 15) is 25.3 Å². The molecule has 2 aliphatic heterocycles. The van der Waals surface area contributed by atoms with Crippen LogP contribution in [0, 0.1) is 0 Å². The van der Waals surface area contributed by atoms with Crippen LogP contribution in [0.5, 0.6) is 0 Å². The molecule has 198 valence electrons. The monoisotopic (exact) mass is 578 g/mol. The zero-order valence-electron chi connectivity index (χ0n) is 19.6. The fraction of sp³-hybridized carbons (Fsp3) is 0.429. The molecule has 0 aromatic heterocycles. The highest BCUT2D eigenvalue weighted by Crippen LogP contribution is 2.39.